The first-order chi connectivity index (χ1) is 8.54. The van der Waals surface area contributed by atoms with E-state index in [4.69, 9.17) is 11.1 Å². The molecule has 0 aliphatic rings. The van der Waals surface area contributed by atoms with Crippen LogP contribution >= 0.6 is 0 Å². The average Bonchev–Trinajstić information content (AvgIpc) is 2.31. The highest BCUT2D eigenvalue weighted by Crippen LogP contribution is 2.14. The second-order valence-electron chi connectivity index (χ2n) is 3.84. The van der Waals surface area contributed by atoms with Crippen molar-refractivity contribution in [3.05, 3.63) is 29.6 Å². The second-order valence-corrected chi connectivity index (χ2v) is 3.84. The predicted molar refractivity (Wildman–Crippen MR) is 69.3 cm³/mol. The van der Waals surface area contributed by atoms with Crippen molar-refractivity contribution in [1.82, 2.24) is 5.32 Å². The third kappa shape index (κ3) is 4.04. The van der Waals surface area contributed by atoms with Gasteiger partial charge in [-0.2, -0.15) is 0 Å². The molecular weight excluding hydrogens is 235 g/mol. The van der Waals surface area contributed by atoms with Crippen molar-refractivity contribution in [2.45, 2.75) is 19.8 Å². The Morgan fingerprint density at radius 2 is 2.22 bits per heavy atom. The van der Waals surface area contributed by atoms with Gasteiger partial charge in [-0.25, -0.2) is 9.18 Å². The quantitative estimate of drug-likeness (QED) is 0.367. The van der Waals surface area contributed by atoms with Gasteiger partial charge in [-0.3, -0.25) is 5.41 Å². The molecule has 1 aromatic rings. The van der Waals surface area contributed by atoms with E-state index in [0.29, 0.717) is 12.2 Å². The third-order valence-electron chi connectivity index (χ3n) is 2.33. The molecule has 6 heteroatoms. The van der Waals surface area contributed by atoms with Gasteiger partial charge < -0.3 is 16.4 Å². The number of nitrogens with two attached hydrogens (primary N) is 1. The largest absolute Gasteiger partial charge is 0.384 e. The topological polar surface area (TPSA) is 91.0 Å². The number of nitrogens with one attached hydrogen (secondary N) is 3. The fourth-order valence-electron chi connectivity index (χ4n) is 1.36. The molecule has 1 rings (SSSR count). The van der Waals surface area contributed by atoms with Crippen molar-refractivity contribution in [2.75, 3.05) is 11.9 Å². The van der Waals surface area contributed by atoms with E-state index in [9.17, 15) is 9.18 Å². The van der Waals surface area contributed by atoms with E-state index < -0.39 is 5.82 Å². The number of carbonyl (C=O) groups excluding carboxylic acids is 1. The van der Waals surface area contributed by atoms with Crippen LogP contribution in [-0.4, -0.2) is 18.4 Å². The molecule has 0 aliphatic heterocycles. The highest BCUT2D eigenvalue weighted by molar-refractivity contribution is 5.97. The number of hydrogen-bond acceptors (Lipinski definition) is 2. The molecule has 0 aliphatic carbocycles. The molecule has 0 unspecified atom stereocenters. The average molecular weight is 252 g/mol. The van der Waals surface area contributed by atoms with E-state index in [-0.39, 0.29) is 17.4 Å². The summed E-state index contributed by atoms with van der Waals surface area (Å²) in [7, 11) is 0. The number of rotatable bonds is 5. The Morgan fingerprint density at radius 1 is 1.50 bits per heavy atom. The van der Waals surface area contributed by atoms with Crippen molar-refractivity contribution in [1.29, 1.82) is 5.41 Å². The molecule has 0 heterocycles. The predicted octanol–water partition coefficient (Wildman–Crippen LogP) is 2.03. The first-order valence-electron chi connectivity index (χ1n) is 5.73. The summed E-state index contributed by atoms with van der Waals surface area (Å²) < 4.78 is 13.3. The minimum absolute atomic E-state index is 0.0265. The van der Waals surface area contributed by atoms with Crippen molar-refractivity contribution in [3.8, 4) is 0 Å². The molecule has 0 radical (unpaired) electrons. The Hall–Kier alpha value is -2.11. The molecule has 98 valence electrons. The summed E-state index contributed by atoms with van der Waals surface area (Å²) in [6.07, 6.45) is 1.89. The van der Waals surface area contributed by atoms with Crippen LogP contribution < -0.4 is 16.4 Å². The van der Waals surface area contributed by atoms with E-state index in [1.165, 1.54) is 18.2 Å². The molecule has 0 bridgehead atoms. The summed E-state index contributed by atoms with van der Waals surface area (Å²) in [5.74, 6) is -0.956. The summed E-state index contributed by atoms with van der Waals surface area (Å²) >= 11 is 0. The normalized spacial score (nSPS) is 9.89. The summed E-state index contributed by atoms with van der Waals surface area (Å²) in [5, 5.41) is 12.4. The third-order valence-corrected chi connectivity index (χ3v) is 2.33. The number of nitrogen functional groups attached to an aromatic ring is 1. The first-order valence-corrected chi connectivity index (χ1v) is 5.73. The number of halogens is 1. The summed E-state index contributed by atoms with van der Waals surface area (Å²) in [6, 6.07) is 3.56. The smallest absolute Gasteiger partial charge is 0.319 e. The van der Waals surface area contributed by atoms with E-state index in [0.717, 1.165) is 12.8 Å². The van der Waals surface area contributed by atoms with Gasteiger partial charge in [0, 0.05) is 12.2 Å². The molecule has 2 amide bonds. The van der Waals surface area contributed by atoms with Crippen LogP contribution in [0.1, 0.15) is 25.3 Å². The standard InChI is InChI=1S/C12H17FN4O/c1-2-3-6-16-12(18)17-8-4-5-10(13)9(7-8)11(14)15/h4-5,7H,2-3,6H2,1H3,(H3,14,15)(H2,16,17,18). The maximum absolute atomic E-state index is 13.3. The number of anilines is 1. The number of hydrogen-bond donors (Lipinski definition) is 4. The lowest BCUT2D eigenvalue weighted by Gasteiger charge is -2.08. The van der Waals surface area contributed by atoms with Crippen LogP contribution in [0.15, 0.2) is 18.2 Å². The zero-order valence-electron chi connectivity index (χ0n) is 10.2. The SMILES string of the molecule is CCCCNC(=O)Nc1ccc(F)c(C(=N)N)c1. The second kappa shape index (κ2) is 6.58. The molecule has 0 spiro atoms. The van der Waals surface area contributed by atoms with Crippen LogP contribution in [-0.2, 0) is 0 Å². The first kappa shape index (κ1) is 14.0. The lowest BCUT2D eigenvalue weighted by molar-refractivity contribution is 0.252. The van der Waals surface area contributed by atoms with E-state index >= 15 is 0 Å². The molecule has 1 aromatic carbocycles. The highest BCUT2D eigenvalue weighted by Gasteiger charge is 2.08. The van der Waals surface area contributed by atoms with Crippen LogP contribution in [0.5, 0.6) is 0 Å². The zero-order chi connectivity index (χ0) is 13.5. The summed E-state index contributed by atoms with van der Waals surface area (Å²) in [4.78, 5) is 11.5. The fraction of sp³-hybridized carbons (Fsp3) is 0.333. The minimum atomic E-state index is -0.584. The van der Waals surface area contributed by atoms with E-state index in [1.54, 1.807) is 0 Å². The van der Waals surface area contributed by atoms with E-state index in [1.807, 2.05) is 6.92 Å². The number of carbonyl (C=O) groups is 1. The van der Waals surface area contributed by atoms with Gasteiger partial charge in [0.15, 0.2) is 0 Å². The van der Waals surface area contributed by atoms with Crippen LogP contribution in [0.4, 0.5) is 14.9 Å². The monoisotopic (exact) mass is 252 g/mol. The van der Waals surface area contributed by atoms with Crippen LogP contribution in [0.3, 0.4) is 0 Å². The van der Waals surface area contributed by atoms with Crippen molar-refractivity contribution in [3.63, 3.8) is 0 Å². The Morgan fingerprint density at radius 3 is 2.83 bits per heavy atom. The Labute approximate surface area is 105 Å². The van der Waals surface area contributed by atoms with Crippen molar-refractivity contribution < 1.29 is 9.18 Å². The highest BCUT2D eigenvalue weighted by atomic mass is 19.1. The minimum Gasteiger partial charge on any atom is -0.384 e. The van der Waals surface area contributed by atoms with Gasteiger partial charge in [0.25, 0.3) is 0 Å². The fourth-order valence-corrected chi connectivity index (χ4v) is 1.36. The number of benzene rings is 1. The van der Waals surface area contributed by atoms with Crippen LogP contribution in [0, 0.1) is 11.2 Å². The van der Waals surface area contributed by atoms with Gasteiger partial charge in [0.1, 0.15) is 11.7 Å². The van der Waals surface area contributed by atoms with Crippen molar-refractivity contribution in [2.24, 2.45) is 5.73 Å². The lowest BCUT2D eigenvalue weighted by Crippen LogP contribution is -2.29. The van der Waals surface area contributed by atoms with Gasteiger partial charge in [0.05, 0.1) is 5.56 Å². The Kier molecular flexibility index (Phi) is 5.10. The molecule has 0 atom stereocenters. The zero-order valence-corrected chi connectivity index (χ0v) is 10.2. The lowest BCUT2D eigenvalue weighted by atomic mass is 10.1. The van der Waals surface area contributed by atoms with Crippen LogP contribution in [0.2, 0.25) is 0 Å². The number of amides is 2. The molecule has 5 nitrogen and oxygen atoms in total. The summed E-state index contributed by atoms with van der Waals surface area (Å²) in [6.45, 7) is 2.61. The van der Waals surface area contributed by atoms with Gasteiger partial charge in [0.2, 0.25) is 0 Å². The maximum atomic E-state index is 13.3. The Bertz CT molecular complexity index is 448. The Balaban J connectivity index is 2.65. The molecular formula is C12H17FN4O. The molecule has 0 saturated carbocycles. The van der Waals surface area contributed by atoms with E-state index in [2.05, 4.69) is 10.6 Å². The maximum Gasteiger partial charge on any atom is 0.319 e. The van der Waals surface area contributed by atoms with Gasteiger partial charge >= 0.3 is 6.03 Å². The number of unbranched alkanes of at least 4 members (excludes halogenated alkanes) is 1. The molecule has 0 saturated heterocycles. The van der Waals surface area contributed by atoms with Crippen molar-refractivity contribution >= 4 is 17.6 Å². The number of amidine groups is 1. The number of urea groups is 1. The molecule has 0 fully saturated rings. The summed E-state index contributed by atoms with van der Waals surface area (Å²) in [5.41, 5.74) is 5.60. The molecule has 18 heavy (non-hydrogen) atoms. The van der Waals surface area contributed by atoms with Crippen LogP contribution in [0.25, 0.3) is 0 Å². The van der Waals surface area contributed by atoms with Gasteiger partial charge in [-0.1, -0.05) is 13.3 Å². The molecule has 5 N–H and O–H groups in total. The van der Waals surface area contributed by atoms with Gasteiger partial charge in [-0.15, -0.1) is 0 Å². The van der Waals surface area contributed by atoms with Gasteiger partial charge in [-0.05, 0) is 24.6 Å². The molecule has 0 aromatic heterocycles.